The van der Waals surface area contributed by atoms with Crippen molar-refractivity contribution in [3.05, 3.63) is 12.4 Å². The van der Waals surface area contributed by atoms with Gasteiger partial charge in [-0.05, 0) is 0 Å². The first-order valence-corrected chi connectivity index (χ1v) is 5.92. The molecule has 0 spiro atoms. The molecule has 0 amide bonds. The molecule has 0 aliphatic rings. The Morgan fingerprint density at radius 2 is 1.74 bits per heavy atom. The van der Waals surface area contributed by atoms with Crippen molar-refractivity contribution < 1.29 is 18.9 Å². The van der Waals surface area contributed by atoms with Crippen LogP contribution in [0, 0.1) is 0 Å². The number of ether oxygens (including phenoxy) is 4. The number of nitrogens with one attached hydrogen (secondary N) is 1. The van der Waals surface area contributed by atoms with E-state index in [1.165, 1.54) is 12.4 Å². The SMILES string of the molecule is COCCOCCOCCOc1cncc(NN)n1. The molecule has 0 bridgehead atoms. The number of methoxy groups -OCH3 is 1. The molecule has 19 heavy (non-hydrogen) atoms. The first-order chi connectivity index (χ1) is 9.36. The zero-order valence-corrected chi connectivity index (χ0v) is 11.0. The second-order valence-corrected chi connectivity index (χ2v) is 3.45. The molecule has 8 heteroatoms. The molecule has 0 aliphatic heterocycles. The molecule has 1 aromatic heterocycles. The van der Waals surface area contributed by atoms with Gasteiger partial charge in [-0.25, -0.2) is 5.84 Å². The Labute approximate surface area is 112 Å². The summed E-state index contributed by atoms with van der Waals surface area (Å²) in [6.07, 6.45) is 3.01. The van der Waals surface area contributed by atoms with E-state index in [0.717, 1.165) is 0 Å². The molecule has 0 atom stereocenters. The van der Waals surface area contributed by atoms with Crippen molar-refractivity contribution in [1.29, 1.82) is 0 Å². The van der Waals surface area contributed by atoms with Crippen LogP contribution in [0.5, 0.6) is 5.88 Å². The minimum atomic E-state index is 0.390. The van der Waals surface area contributed by atoms with E-state index in [9.17, 15) is 0 Å². The van der Waals surface area contributed by atoms with Crippen LogP contribution < -0.4 is 16.0 Å². The van der Waals surface area contributed by atoms with Gasteiger partial charge in [0.25, 0.3) is 0 Å². The molecule has 1 rings (SSSR count). The van der Waals surface area contributed by atoms with Gasteiger partial charge in [-0.2, -0.15) is 4.98 Å². The Hall–Kier alpha value is -1.48. The van der Waals surface area contributed by atoms with Crippen molar-refractivity contribution >= 4 is 5.82 Å². The van der Waals surface area contributed by atoms with E-state index in [1.807, 2.05) is 0 Å². The number of nitrogen functional groups attached to an aromatic ring is 1. The van der Waals surface area contributed by atoms with Gasteiger partial charge in [0, 0.05) is 7.11 Å². The van der Waals surface area contributed by atoms with Crippen molar-refractivity contribution in [2.45, 2.75) is 0 Å². The molecule has 0 saturated heterocycles. The van der Waals surface area contributed by atoms with Gasteiger partial charge >= 0.3 is 0 Å². The standard InChI is InChI=1S/C11H20N4O4/c1-16-2-3-17-4-5-18-6-7-19-11-9-13-8-10(14-11)15-12/h8-9H,2-7,12H2,1H3,(H,14,15). The molecule has 0 fully saturated rings. The largest absolute Gasteiger partial charge is 0.474 e. The third-order valence-corrected chi connectivity index (χ3v) is 2.04. The Balaban J connectivity index is 1.98. The Morgan fingerprint density at radius 1 is 1.05 bits per heavy atom. The van der Waals surface area contributed by atoms with Crippen LogP contribution in [0.3, 0.4) is 0 Å². The number of hydrazine groups is 1. The molecule has 0 saturated carbocycles. The molecule has 1 heterocycles. The summed E-state index contributed by atoms with van der Waals surface area (Å²) in [6.45, 7) is 3.06. The molecular formula is C11H20N4O4. The molecule has 8 nitrogen and oxygen atoms in total. The highest BCUT2D eigenvalue weighted by atomic mass is 16.6. The van der Waals surface area contributed by atoms with Crippen molar-refractivity contribution in [3.8, 4) is 5.88 Å². The Bertz CT molecular complexity index is 340. The lowest BCUT2D eigenvalue weighted by Gasteiger charge is -2.07. The average Bonchev–Trinajstić information content (AvgIpc) is 2.46. The van der Waals surface area contributed by atoms with Crippen molar-refractivity contribution in [2.75, 3.05) is 52.2 Å². The zero-order valence-electron chi connectivity index (χ0n) is 11.0. The van der Waals surface area contributed by atoms with Crippen molar-refractivity contribution in [2.24, 2.45) is 5.84 Å². The van der Waals surface area contributed by atoms with Gasteiger partial charge < -0.3 is 24.4 Å². The number of nitrogens with zero attached hydrogens (tertiary/aromatic N) is 2. The third kappa shape index (κ3) is 7.52. The van der Waals surface area contributed by atoms with Gasteiger partial charge in [-0.15, -0.1) is 0 Å². The minimum absolute atomic E-state index is 0.390. The summed E-state index contributed by atoms with van der Waals surface area (Å²) in [5, 5.41) is 0. The highest BCUT2D eigenvalue weighted by molar-refractivity contribution is 5.31. The number of rotatable bonds is 11. The number of hydrogen-bond acceptors (Lipinski definition) is 8. The monoisotopic (exact) mass is 272 g/mol. The summed E-state index contributed by atoms with van der Waals surface area (Å²) < 4.78 is 20.7. The van der Waals surface area contributed by atoms with Crippen LogP contribution in [0.1, 0.15) is 0 Å². The minimum Gasteiger partial charge on any atom is -0.474 e. The van der Waals surface area contributed by atoms with Crippen molar-refractivity contribution in [1.82, 2.24) is 9.97 Å². The van der Waals surface area contributed by atoms with E-state index in [2.05, 4.69) is 15.4 Å². The van der Waals surface area contributed by atoms with Crippen LogP contribution in [-0.4, -0.2) is 56.7 Å². The maximum absolute atomic E-state index is 5.34. The van der Waals surface area contributed by atoms with Crippen LogP contribution in [0.4, 0.5) is 5.82 Å². The maximum Gasteiger partial charge on any atom is 0.234 e. The van der Waals surface area contributed by atoms with Gasteiger partial charge in [0.15, 0.2) is 5.82 Å². The lowest BCUT2D eigenvalue weighted by atomic mass is 10.6. The van der Waals surface area contributed by atoms with Gasteiger partial charge in [0.2, 0.25) is 5.88 Å². The maximum atomic E-state index is 5.34. The summed E-state index contributed by atoms with van der Waals surface area (Å²) in [4.78, 5) is 7.95. The summed E-state index contributed by atoms with van der Waals surface area (Å²) in [5.74, 6) is 6.06. The van der Waals surface area contributed by atoms with Crippen LogP contribution in [0.25, 0.3) is 0 Å². The fourth-order valence-electron chi connectivity index (χ4n) is 1.16. The fraction of sp³-hybridized carbons (Fsp3) is 0.636. The van der Waals surface area contributed by atoms with Crippen LogP contribution in [0.2, 0.25) is 0 Å². The molecule has 0 radical (unpaired) electrons. The van der Waals surface area contributed by atoms with E-state index >= 15 is 0 Å². The lowest BCUT2D eigenvalue weighted by molar-refractivity contribution is 0.0176. The highest BCUT2D eigenvalue weighted by Crippen LogP contribution is 2.07. The van der Waals surface area contributed by atoms with Crippen LogP contribution >= 0.6 is 0 Å². The Morgan fingerprint density at radius 3 is 2.42 bits per heavy atom. The predicted molar refractivity (Wildman–Crippen MR) is 68.9 cm³/mol. The topological polar surface area (TPSA) is 101 Å². The van der Waals surface area contributed by atoms with Crippen molar-refractivity contribution in [3.63, 3.8) is 0 Å². The Kier molecular flexibility index (Phi) is 8.56. The number of hydrogen-bond donors (Lipinski definition) is 2. The summed E-state index contributed by atoms with van der Waals surface area (Å²) in [5.41, 5.74) is 2.39. The van der Waals surface area contributed by atoms with E-state index < -0.39 is 0 Å². The third-order valence-electron chi connectivity index (χ3n) is 2.04. The predicted octanol–water partition coefficient (Wildman–Crippen LogP) is -0.179. The number of nitrogens with two attached hydrogens (primary N) is 1. The van der Waals surface area contributed by atoms with E-state index in [1.54, 1.807) is 7.11 Å². The molecule has 0 unspecified atom stereocenters. The molecule has 108 valence electrons. The van der Waals surface area contributed by atoms with Gasteiger partial charge in [0.1, 0.15) is 6.61 Å². The number of anilines is 1. The fourth-order valence-corrected chi connectivity index (χ4v) is 1.16. The zero-order chi connectivity index (χ0) is 13.8. The number of aromatic nitrogens is 2. The average molecular weight is 272 g/mol. The second kappa shape index (κ2) is 10.4. The highest BCUT2D eigenvalue weighted by Gasteiger charge is 1.98. The summed E-state index contributed by atoms with van der Waals surface area (Å²) in [7, 11) is 1.63. The van der Waals surface area contributed by atoms with Crippen LogP contribution in [-0.2, 0) is 14.2 Å². The van der Waals surface area contributed by atoms with E-state index in [-0.39, 0.29) is 0 Å². The summed E-state index contributed by atoms with van der Waals surface area (Å²) >= 11 is 0. The molecule has 1 aromatic rings. The molecule has 3 N–H and O–H groups in total. The smallest absolute Gasteiger partial charge is 0.234 e. The molecule has 0 aromatic carbocycles. The van der Waals surface area contributed by atoms with E-state index in [0.29, 0.717) is 51.3 Å². The second-order valence-electron chi connectivity index (χ2n) is 3.45. The lowest BCUT2D eigenvalue weighted by Crippen LogP contribution is -2.13. The first kappa shape index (κ1) is 15.6. The molecular weight excluding hydrogens is 252 g/mol. The molecule has 0 aliphatic carbocycles. The van der Waals surface area contributed by atoms with E-state index in [4.69, 9.17) is 24.8 Å². The quantitative estimate of drug-likeness (QED) is 0.325. The van der Waals surface area contributed by atoms with Gasteiger partial charge in [-0.1, -0.05) is 0 Å². The van der Waals surface area contributed by atoms with Gasteiger partial charge in [0.05, 0.1) is 45.4 Å². The summed E-state index contributed by atoms with van der Waals surface area (Å²) in [6, 6.07) is 0. The first-order valence-electron chi connectivity index (χ1n) is 5.92. The van der Waals surface area contributed by atoms with Crippen LogP contribution in [0.15, 0.2) is 12.4 Å². The van der Waals surface area contributed by atoms with Gasteiger partial charge in [-0.3, -0.25) is 4.98 Å². The normalized spacial score (nSPS) is 10.4.